The minimum atomic E-state index is -0.0876. The van der Waals surface area contributed by atoms with Crippen LogP contribution in [0, 0.1) is 0 Å². The van der Waals surface area contributed by atoms with Gasteiger partial charge < -0.3 is 15.0 Å². The van der Waals surface area contributed by atoms with E-state index in [9.17, 15) is 4.79 Å². The highest BCUT2D eigenvalue weighted by Crippen LogP contribution is 2.28. The molecule has 2 aliphatic rings. The number of hydrogen-bond acceptors (Lipinski definition) is 3. The number of hydrogen-bond donors (Lipinski definition) is 1. The first kappa shape index (κ1) is 13.8. The number of amides is 1. The summed E-state index contributed by atoms with van der Waals surface area (Å²) in [6, 6.07) is -0.0876. The van der Waals surface area contributed by atoms with Gasteiger partial charge in [-0.05, 0) is 46.5 Å². The summed E-state index contributed by atoms with van der Waals surface area (Å²) in [6.07, 6.45) is 4.75. The van der Waals surface area contributed by atoms with E-state index in [0.717, 1.165) is 45.3 Å². The Morgan fingerprint density at radius 2 is 2.11 bits per heavy atom. The smallest absolute Gasteiger partial charge is 0.239 e. The zero-order chi connectivity index (χ0) is 13.2. The molecule has 1 N–H and O–H groups in total. The second-order valence-corrected chi connectivity index (χ2v) is 6.20. The molecule has 18 heavy (non-hydrogen) atoms. The summed E-state index contributed by atoms with van der Waals surface area (Å²) in [5.74, 6) is 0.241. The summed E-state index contributed by atoms with van der Waals surface area (Å²) in [5.41, 5.74) is 0.00848. The van der Waals surface area contributed by atoms with Crippen molar-refractivity contribution < 1.29 is 9.53 Å². The number of carbonyl (C=O) groups is 1. The quantitative estimate of drug-likeness (QED) is 0.827. The van der Waals surface area contributed by atoms with E-state index in [4.69, 9.17) is 4.74 Å². The Morgan fingerprint density at radius 3 is 2.67 bits per heavy atom. The maximum Gasteiger partial charge on any atom is 0.239 e. The van der Waals surface area contributed by atoms with Crippen molar-refractivity contribution in [1.29, 1.82) is 0 Å². The molecular weight excluding hydrogens is 228 g/mol. The first-order valence-electron chi connectivity index (χ1n) is 7.18. The zero-order valence-electron chi connectivity index (χ0n) is 11.9. The molecule has 4 nitrogen and oxygen atoms in total. The molecule has 0 aromatic heterocycles. The lowest BCUT2D eigenvalue weighted by Gasteiger charge is -2.23. The van der Waals surface area contributed by atoms with E-state index < -0.39 is 0 Å². The first-order valence-corrected chi connectivity index (χ1v) is 7.18. The number of ether oxygens (including phenoxy) is 1. The molecule has 2 saturated heterocycles. The lowest BCUT2D eigenvalue weighted by Crippen LogP contribution is -2.46. The molecule has 0 radical (unpaired) electrons. The van der Waals surface area contributed by atoms with Crippen molar-refractivity contribution in [3.63, 3.8) is 0 Å². The monoisotopic (exact) mass is 254 g/mol. The highest BCUT2D eigenvalue weighted by atomic mass is 16.5. The van der Waals surface area contributed by atoms with Gasteiger partial charge in [0, 0.05) is 19.6 Å². The molecule has 0 saturated carbocycles. The summed E-state index contributed by atoms with van der Waals surface area (Å²) in [5, 5.41) is 3.32. The second-order valence-electron chi connectivity index (χ2n) is 6.20. The molecule has 2 fully saturated rings. The highest BCUT2D eigenvalue weighted by molar-refractivity contribution is 5.81. The van der Waals surface area contributed by atoms with E-state index >= 15 is 0 Å². The molecule has 0 spiro atoms. The highest BCUT2D eigenvalue weighted by Gasteiger charge is 2.32. The summed E-state index contributed by atoms with van der Waals surface area (Å²) in [4.78, 5) is 14.1. The second kappa shape index (κ2) is 5.57. The van der Waals surface area contributed by atoms with Gasteiger partial charge in [-0.2, -0.15) is 0 Å². The molecule has 4 heteroatoms. The van der Waals surface area contributed by atoms with Crippen LogP contribution in [-0.4, -0.2) is 48.2 Å². The SMILES string of the molecule is CC(NCC1CCC(C)(C)O1)C(=O)N1CCCC1. The van der Waals surface area contributed by atoms with E-state index in [0.29, 0.717) is 0 Å². The van der Waals surface area contributed by atoms with Crippen molar-refractivity contribution in [2.75, 3.05) is 19.6 Å². The van der Waals surface area contributed by atoms with Gasteiger partial charge in [0.2, 0.25) is 5.91 Å². The molecule has 2 unspecified atom stereocenters. The summed E-state index contributed by atoms with van der Waals surface area (Å²) in [7, 11) is 0. The molecule has 2 rings (SSSR count). The maximum atomic E-state index is 12.1. The van der Waals surface area contributed by atoms with Gasteiger partial charge in [0.1, 0.15) is 0 Å². The largest absolute Gasteiger partial charge is 0.371 e. The molecule has 0 bridgehead atoms. The van der Waals surface area contributed by atoms with Crippen LogP contribution in [0.4, 0.5) is 0 Å². The van der Waals surface area contributed by atoms with Crippen LogP contribution >= 0.6 is 0 Å². The van der Waals surface area contributed by atoms with Crippen LogP contribution < -0.4 is 5.32 Å². The molecular formula is C14H26N2O2. The number of nitrogens with zero attached hydrogens (tertiary/aromatic N) is 1. The van der Waals surface area contributed by atoms with Crippen LogP contribution in [0.2, 0.25) is 0 Å². The predicted octanol–water partition coefficient (Wildman–Crippen LogP) is 1.54. The van der Waals surface area contributed by atoms with Crippen LogP contribution in [0.15, 0.2) is 0 Å². The van der Waals surface area contributed by atoms with Gasteiger partial charge in [-0.15, -0.1) is 0 Å². The van der Waals surface area contributed by atoms with Gasteiger partial charge >= 0.3 is 0 Å². The lowest BCUT2D eigenvalue weighted by atomic mass is 10.1. The average molecular weight is 254 g/mol. The summed E-state index contributed by atoms with van der Waals surface area (Å²) < 4.78 is 5.92. The molecule has 2 heterocycles. The number of rotatable bonds is 4. The van der Waals surface area contributed by atoms with Gasteiger partial charge in [0.15, 0.2) is 0 Å². The molecule has 0 aromatic rings. The third-order valence-corrected chi connectivity index (χ3v) is 3.99. The van der Waals surface area contributed by atoms with Crippen LogP contribution in [0.25, 0.3) is 0 Å². The Bertz CT molecular complexity index is 298. The molecule has 0 aromatic carbocycles. The van der Waals surface area contributed by atoms with Gasteiger partial charge in [0.25, 0.3) is 0 Å². The van der Waals surface area contributed by atoms with E-state index in [1.807, 2.05) is 11.8 Å². The third kappa shape index (κ3) is 3.45. The maximum absolute atomic E-state index is 12.1. The van der Waals surface area contributed by atoms with Crippen molar-refractivity contribution in [2.24, 2.45) is 0 Å². The van der Waals surface area contributed by atoms with Gasteiger partial charge in [-0.25, -0.2) is 0 Å². The summed E-state index contributed by atoms with van der Waals surface area (Å²) in [6.45, 7) is 8.86. The molecule has 0 aliphatic carbocycles. The van der Waals surface area contributed by atoms with Crippen molar-refractivity contribution in [2.45, 2.75) is 64.2 Å². The molecule has 104 valence electrons. The topological polar surface area (TPSA) is 41.6 Å². The van der Waals surface area contributed by atoms with Crippen LogP contribution in [0.5, 0.6) is 0 Å². The van der Waals surface area contributed by atoms with Crippen LogP contribution in [-0.2, 0) is 9.53 Å². The van der Waals surface area contributed by atoms with E-state index in [1.54, 1.807) is 0 Å². The molecule has 2 atom stereocenters. The van der Waals surface area contributed by atoms with Crippen LogP contribution in [0.1, 0.15) is 46.5 Å². The fourth-order valence-corrected chi connectivity index (χ4v) is 2.83. The zero-order valence-corrected chi connectivity index (χ0v) is 11.9. The fourth-order valence-electron chi connectivity index (χ4n) is 2.83. The van der Waals surface area contributed by atoms with Crippen molar-refractivity contribution in [3.8, 4) is 0 Å². The standard InChI is InChI=1S/C14H26N2O2/c1-11(13(17)16-8-4-5-9-16)15-10-12-6-7-14(2,3)18-12/h11-12,15H,4-10H2,1-3H3. The van der Waals surface area contributed by atoms with Crippen molar-refractivity contribution in [3.05, 3.63) is 0 Å². The van der Waals surface area contributed by atoms with Gasteiger partial charge in [-0.1, -0.05) is 0 Å². The Morgan fingerprint density at radius 1 is 1.44 bits per heavy atom. The molecule has 1 amide bonds. The fraction of sp³-hybridized carbons (Fsp3) is 0.929. The Hall–Kier alpha value is -0.610. The van der Waals surface area contributed by atoms with E-state index in [2.05, 4.69) is 19.2 Å². The Kier molecular flexibility index (Phi) is 4.28. The van der Waals surface area contributed by atoms with E-state index in [-0.39, 0.29) is 23.7 Å². The number of nitrogens with one attached hydrogen (secondary N) is 1. The number of likely N-dealkylation sites (tertiary alicyclic amines) is 1. The van der Waals surface area contributed by atoms with Crippen LogP contribution in [0.3, 0.4) is 0 Å². The first-order chi connectivity index (χ1) is 8.48. The molecule has 2 aliphatic heterocycles. The summed E-state index contributed by atoms with van der Waals surface area (Å²) >= 11 is 0. The van der Waals surface area contributed by atoms with Crippen molar-refractivity contribution in [1.82, 2.24) is 10.2 Å². The van der Waals surface area contributed by atoms with E-state index in [1.165, 1.54) is 0 Å². The average Bonchev–Trinajstić information content (AvgIpc) is 2.94. The number of carbonyl (C=O) groups excluding carboxylic acids is 1. The van der Waals surface area contributed by atoms with Gasteiger partial charge in [-0.3, -0.25) is 4.79 Å². The Labute approximate surface area is 110 Å². The predicted molar refractivity (Wildman–Crippen MR) is 71.5 cm³/mol. The Balaban J connectivity index is 1.71. The minimum absolute atomic E-state index is 0.00848. The lowest BCUT2D eigenvalue weighted by molar-refractivity contribution is -0.132. The van der Waals surface area contributed by atoms with Crippen molar-refractivity contribution >= 4 is 5.91 Å². The third-order valence-electron chi connectivity index (χ3n) is 3.99. The minimum Gasteiger partial charge on any atom is -0.371 e. The normalized spacial score (nSPS) is 28.6. The van der Waals surface area contributed by atoms with Gasteiger partial charge in [0.05, 0.1) is 17.7 Å².